The van der Waals surface area contributed by atoms with Crippen LogP contribution in [0.2, 0.25) is 0 Å². The Kier molecular flexibility index (Phi) is 2.85. The van der Waals surface area contributed by atoms with Gasteiger partial charge in [-0.3, -0.25) is 0 Å². The van der Waals surface area contributed by atoms with Gasteiger partial charge in [-0.05, 0) is 12.5 Å². The fraction of sp³-hybridized carbons (Fsp3) is 0.500. The Labute approximate surface area is 96.5 Å². The first kappa shape index (κ1) is 11.4. The lowest BCUT2D eigenvalue weighted by Gasteiger charge is -2.22. The predicted molar refractivity (Wildman–Crippen MR) is 60.6 cm³/mol. The van der Waals surface area contributed by atoms with Gasteiger partial charge in [0.05, 0.1) is 10.3 Å². The highest BCUT2D eigenvalue weighted by Crippen LogP contribution is 2.46. The largest absolute Gasteiger partial charge is 0.388 e. The molecule has 0 radical (unpaired) electrons. The first-order valence-electron chi connectivity index (χ1n) is 4.39. The van der Waals surface area contributed by atoms with Crippen molar-refractivity contribution in [3.63, 3.8) is 0 Å². The molecule has 2 rings (SSSR count). The minimum Gasteiger partial charge on any atom is -0.388 e. The summed E-state index contributed by atoms with van der Waals surface area (Å²) in [4.78, 5) is 0. The van der Waals surface area contributed by atoms with E-state index in [1.54, 1.807) is 11.8 Å². The number of rotatable bonds is 1. The summed E-state index contributed by atoms with van der Waals surface area (Å²) >= 11 is 2.73. The van der Waals surface area contributed by atoms with Gasteiger partial charge in [0.1, 0.15) is 4.21 Å². The fourth-order valence-electron chi connectivity index (χ4n) is 1.50. The van der Waals surface area contributed by atoms with Crippen LogP contribution in [0, 0.1) is 0 Å². The van der Waals surface area contributed by atoms with E-state index < -0.39 is 16.1 Å². The first-order valence-corrected chi connectivity index (χ1v) is 7.63. The quantitative estimate of drug-likeness (QED) is 0.802. The third kappa shape index (κ3) is 2.21. The molecule has 0 aliphatic carbocycles. The summed E-state index contributed by atoms with van der Waals surface area (Å²) in [5.41, 5.74) is 0.701. The number of aliphatic hydroxyl groups is 1. The van der Waals surface area contributed by atoms with Crippen LogP contribution in [0.1, 0.15) is 25.0 Å². The highest BCUT2D eigenvalue weighted by Gasteiger charge is 2.28. The number of fused-ring (bicyclic) bond motifs is 1. The van der Waals surface area contributed by atoms with E-state index in [1.807, 2.05) is 6.92 Å². The van der Waals surface area contributed by atoms with Crippen molar-refractivity contribution in [2.24, 2.45) is 5.14 Å². The van der Waals surface area contributed by atoms with Crippen molar-refractivity contribution in [3.8, 4) is 0 Å². The summed E-state index contributed by atoms with van der Waals surface area (Å²) < 4.78 is 23.3. The molecule has 0 amide bonds. The SMILES string of the molecule is C[C@H]1CC(O)c2cc(S(N)(=O)=O)sc2S1. The molecule has 0 saturated heterocycles. The van der Waals surface area contributed by atoms with Crippen molar-refractivity contribution in [2.75, 3.05) is 0 Å². The molecule has 1 aromatic rings. The van der Waals surface area contributed by atoms with E-state index in [0.717, 1.165) is 15.5 Å². The van der Waals surface area contributed by atoms with Crippen molar-refractivity contribution in [2.45, 2.75) is 33.1 Å². The van der Waals surface area contributed by atoms with Gasteiger partial charge in [0.15, 0.2) is 0 Å². The Bertz CT molecular complexity index is 479. The van der Waals surface area contributed by atoms with Gasteiger partial charge in [-0.2, -0.15) is 0 Å². The van der Waals surface area contributed by atoms with Gasteiger partial charge in [0.25, 0.3) is 0 Å². The standard InChI is InChI=1S/C8H11NO3S3/c1-4-2-6(10)5-3-7(15(9,11)12)14-8(5)13-4/h3-4,6,10H,2H2,1H3,(H2,9,11,12)/t4-,6?/m0/s1. The van der Waals surface area contributed by atoms with Crippen LogP contribution < -0.4 is 5.14 Å². The Hall–Kier alpha value is -0.0800. The Morgan fingerprint density at radius 3 is 2.87 bits per heavy atom. The molecular formula is C8H11NO3S3. The number of sulfonamides is 1. The minimum atomic E-state index is -3.64. The molecule has 0 spiro atoms. The Morgan fingerprint density at radius 1 is 1.60 bits per heavy atom. The second-order valence-electron chi connectivity index (χ2n) is 3.53. The van der Waals surface area contributed by atoms with E-state index in [0.29, 0.717) is 17.2 Å². The van der Waals surface area contributed by atoms with Crippen molar-refractivity contribution in [1.29, 1.82) is 0 Å². The maximum atomic E-state index is 11.1. The molecule has 4 nitrogen and oxygen atoms in total. The molecule has 0 fully saturated rings. The monoisotopic (exact) mass is 265 g/mol. The minimum absolute atomic E-state index is 0.133. The summed E-state index contributed by atoms with van der Waals surface area (Å²) in [6.07, 6.45) is 0.0846. The van der Waals surface area contributed by atoms with Crippen molar-refractivity contribution in [3.05, 3.63) is 11.6 Å². The lowest BCUT2D eigenvalue weighted by Crippen LogP contribution is -2.11. The maximum Gasteiger partial charge on any atom is 0.247 e. The number of aliphatic hydroxyl groups excluding tert-OH is 1. The molecule has 2 atom stereocenters. The lowest BCUT2D eigenvalue weighted by molar-refractivity contribution is 0.164. The van der Waals surface area contributed by atoms with Crippen LogP contribution in [-0.4, -0.2) is 18.8 Å². The van der Waals surface area contributed by atoms with Crippen LogP contribution in [-0.2, 0) is 10.0 Å². The molecule has 84 valence electrons. The molecule has 1 aliphatic heterocycles. The summed E-state index contributed by atoms with van der Waals surface area (Å²) in [5, 5.41) is 15.1. The first-order chi connectivity index (χ1) is 6.88. The summed E-state index contributed by atoms with van der Waals surface area (Å²) in [7, 11) is -3.64. The van der Waals surface area contributed by atoms with Gasteiger partial charge in [-0.1, -0.05) is 6.92 Å². The molecule has 1 aliphatic rings. The number of hydrogen-bond donors (Lipinski definition) is 2. The molecule has 3 N–H and O–H groups in total. The third-order valence-corrected chi connectivity index (χ3v) is 6.15. The predicted octanol–water partition coefficient (Wildman–Crippen LogP) is 1.31. The second-order valence-corrected chi connectivity index (χ2v) is 8.08. The van der Waals surface area contributed by atoms with Gasteiger partial charge in [-0.15, -0.1) is 23.1 Å². The van der Waals surface area contributed by atoms with E-state index in [4.69, 9.17) is 5.14 Å². The van der Waals surface area contributed by atoms with Crippen LogP contribution in [0.15, 0.2) is 14.5 Å². The highest BCUT2D eigenvalue weighted by atomic mass is 32.3. The average Bonchev–Trinajstić information content (AvgIpc) is 2.46. The molecule has 2 heterocycles. The zero-order chi connectivity index (χ0) is 11.2. The molecule has 15 heavy (non-hydrogen) atoms. The summed E-state index contributed by atoms with van der Waals surface area (Å²) in [5.74, 6) is 0. The van der Waals surface area contributed by atoms with Crippen LogP contribution in [0.4, 0.5) is 0 Å². The topological polar surface area (TPSA) is 80.4 Å². The second kappa shape index (κ2) is 3.74. The zero-order valence-corrected chi connectivity index (χ0v) is 10.5. The van der Waals surface area contributed by atoms with Crippen molar-refractivity contribution in [1.82, 2.24) is 0 Å². The molecule has 0 bridgehead atoms. The molecule has 1 unspecified atom stereocenters. The molecule has 0 saturated carbocycles. The summed E-state index contributed by atoms with van der Waals surface area (Å²) in [6.45, 7) is 2.01. The molecule has 7 heteroatoms. The summed E-state index contributed by atoms with van der Waals surface area (Å²) in [6, 6.07) is 1.48. The zero-order valence-electron chi connectivity index (χ0n) is 8.00. The van der Waals surface area contributed by atoms with Gasteiger partial charge in [-0.25, -0.2) is 13.6 Å². The maximum absolute atomic E-state index is 11.1. The number of hydrogen-bond acceptors (Lipinski definition) is 5. The number of primary sulfonamides is 1. The number of thiophene rings is 1. The van der Waals surface area contributed by atoms with Crippen LogP contribution in [0.3, 0.4) is 0 Å². The number of thioether (sulfide) groups is 1. The Morgan fingerprint density at radius 2 is 2.27 bits per heavy atom. The van der Waals surface area contributed by atoms with E-state index in [2.05, 4.69) is 0 Å². The van der Waals surface area contributed by atoms with Gasteiger partial charge < -0.3 is 5.11 Å². The average molecular weight is 265 g/mol. The normalized spacial score (nSPS) is 26.3. The molecule has 0 aromatic carbocycles. The van der Waals surface area contributed by atoms with Crippen LogP contribution >= 0.6 is 23.1 Å². The fourth-order valence-corrected chi connectivity index (χ4v) is 5.28. The van der Waals surface area contributed by atoms with Gasteiger partial charge >= 0.3 is 0 Å². The van der Waals surface area contributed by atoms with Crippen molar-refractivity contribution >= 4 is 33.1 Å². The smallest absolute Gasteiger partial charge is 0.247 e. The van der Waals surface area contributed by atoms with Crippen LogP contribution in [0.25, 0.3) is 0 Å². The third-order valence-electron chi connectivity index (χ3n) is 2.21. The molecule has 1 aromatic heterocycles. The van der Waals surface area contributed by atoms with Crippen LogP contribution in [0.5, 0.6) is 0 Å². The Balaban J connectivity index is 2.48. The van der Waals surface area contributed by atoms with Gasteiger partial charge in [0.2, 0.25) is 10.0 Å². The highest BCUT2D eigenvalue weighted by molar-refractivity contribution is 8.02. The van der Waals surface area contributed by atoms with Gasteiger partial charge in [0, 0.05) is 10.8 Å². The van der Waals surface area contributed by atoms with E-state index in [-0.39, 0.29) is 4.21 Å². The lowest BCUT2D eigenvalue weighted by atomic mass is 10.1. The van der Waals surface area contributed by atoms with Crippen molar-refractivity contribution < 1.29 is 13.5 Å². The van der Waals surface area contributed by atoms with E-state index in [1.165, 1.54) is 6.07 Å². The number of nitrogens with two attached hydrogens (primary N) is 1. The van der Waals surface area contributed by atoms with E-state index in [9.17, 15) is 13.5 Å². The molecular weight excluding hydrogens is 254 g/mol. The van der Waals surface area contributed by atoms with E-state index >= 15 is 0 Å².